The monoisotopic (exact) mass is 302 g/mol. The van der Waals surface area contributed by atoms with E-state index in [0.29, 0.717) is 17.8 Å². The van der Waals surface area contributed by atoms with Crippen LogP contribution < -0.4 is 10.9 Å². The Hall–Kier alpha value is -3.03. The topological polar surface area (TPSA) is 107 Å². The van der Waals surface area contributed by atoms with Crippen LogP contribution >= 0.6 is 0 Å². The average Bonchev–Trinajstić information content (AvgIpc) is 2.49. The van der Waals surface area contributed by atoms with Crippen LogP contribution in [0.25, 0.3) is 0 Å². The van der Waals surface area contributed by atoms with E-state index in [9.17, 15) is 19.7 Å². The zero-order valence-corrected chi connectivity index (χ0v) is 11.9. The van der Waals surface area contributed by atoms with E-state index in [2.05, 4.69) is 10.3 Å². The molecule has 0 fully saturated rings. The van der Waals surface area contributed by atoms with Crippen LogP contribution in [0.1, 0.15) is 16.1 Å². The Morgan fingerprint density at radius 2 is 2.05 bits per heavy atom. The lowest BCUT2D eigenvalue weighted by atomic mass is 10.2. The molecule has 1 aromatic carbocycles. The van der Waals surface area contributed by atoms with Crippen molar-refractivity contribution in [1.29, 1.82) is 0 Å². The van der Waals surface area contributed by atoms with Gasteiger partial charge < -0.3 is 5.32 Å². The summed E-state index contributed by atoms with van der Waals surface area (Å²) in [5, 5.41) is 13.2. The lowest BCUT2D eigenvalue weighted by molar-refractivity contribution is -0.384. The molecule has 2 rings (SSSR count). The summed E-state index contributed by atoms with van der Waals surface area (Å²) < 4.78 is 1.39. The summed E-state index contributed by atoms with van der Waals surface area (Å²) in [5.74, 6) is -0.358. The Morgan fingerprint density at radius 1 is 1.36 bits per heavy atom. The Morgan fingerprint density at radius 3 is 2.64 bits per heavy atom. The number of aromatic nitrogens is 2. The average molecular weight is 302 g/mol. The highest BCUT2D eigenvalue weighted by Gasteiger charge is 2.09. The van der Waals surface area contributed by atoms with E-state index in [1.54, 1.807) is 6.92 Å². The van der Waals surface area contributed by atoms with E-state index in [0.717, 1.165) is 0 Å². The van der Waals surface area contributed by atoms with Crippen LogP contribution in [0.2, 0.25) is 0 Å². The quantitative estimate of drug-likeness (QED) is 0.652. The van der Waals surface area contributed by atoms with Gasteiger partial charge in [0, 0.05) is 42.5 Å². The standard InChI is InChI=1S/C14H14N4O4/c1-10-8-13(19)17(9-16-10)7-6-15-14(20)11-2-4-12(5-3-11)18(21)22/h2-5,8-9H,6-7H2,1H3,(H,15,20). The van der Waals surface area contributed by atoms with Gasteiger partial charge in [-0.2, -0.15) is 0 Å². The van der Waals surface area contributed by atoms with Crippen LogP contribution in [0.3, 0.4) is 0 Å². The zero-order valence-electron chi connectivity index (χ0n) is 11.9. The Bertz CT molecular complexity index is 752. The number of rotatable bonds is 5. The van der Waals surface area contributed by atoms with Crippen LogP contribution in [0.5, 0.6) is 0 Å². The van der Waals surface area contributed by atoms with E-state index >= 15 is 0 Å². The maximum atomic E-state index is 11.9. The normalized spacial score (nSPS) is 10.2. The lowest BCUT2D eigenvalue weighted by Crippen LogP contribution is -2.30. The summed E-state index contributed by atoms with van der Waals surface area (Å²) in [5.41, 5.74) is 0.696. The Labute approximate surface area is 125 Å². The van der Waals surface area contributed by atoms with Gasteiger partial charge in [0.15, 0.2) is 0 Å². The summed E-state index contributed by atoms with van der Waals surface area (Å²) in [6.07, 6.45) is 1.43. The summed E-state index contributed by atoms with van der Waals surface area (Å²) in [7, 11) is 0. The van der Waals surface area contributed by atoms with Gasteiger partial charge in [-0.05, 0) is 19.1 Å². The smallest absolute Gasteiger partial charge is 0.269 e. The van der Waals surface area contributed by atoms with E-state index in [1.807, 2.05) is 0 Å². The minimum atomic E-state index is -0.529. The van der Waals surface area contributed by atoms with E-state index in [-0.39, 0.29) is 23.7 Å². The van der Waals surface area contributed by atoms with Crippen LogP contribution in [-0.2, 0) is 6.54 Å². The minimum absolute atomic E-state index is 0.0752. The van der Waals surface area contributed by atoms with Crippen molar-refractivity contribution in [2.75, 3.05) is 6.54 Å². The van der Waals surface area contributed by atoms with Gasteiger partial charge in [0.25, 0.3) is 17.2 Å². The summed E-state index contributed by atoms with van der Waals surface area (Å²) in [6.45, 7) is 2.27. The number of non-ortho nitro benzene ring substituents is 1. The Balaban J connectivity index is 1.92. The molecule has 0 aliphatic rings. The molecule has 8 heteroatoms. The molecule has 0 spiro atoms. The highest BCUT2D eigenvalue weighted by atomic mass is 16.6. The first kappa shape index (κ1) is 15.4. The van der Waals surface area contributed by atoms with E-state index in [1.165, 1.54) is 41.2 Å². The van der Waals surface area contributed by atoms with Crippen molar-refractivity contribution in [3.63, 3.8) is 0 Å². The zero-order chi connectivity index (χ0) is 16.1. The van der Waals surface area contributed by atoms with Crippen LogP contribution in [-0.4, -0.2) is 26.9 Å². The maximum Gasteiger partial charge on any atom is 0.269 e. The molecule has 22 heavy (non-hydrogen) atoms. The highest BCUT2D eigenvalue weighted by Crippen LogP contribution is 2.11. The molecule has 0 atom stereocenters. The first-order valence-corrected chi connectivity index (χ1v) is 6.53. The van der Waals surface area contributed by atoms with Gasteiger partial charge in [0.2, 0.25) is 0 Å². The van der Waals surface area contributed by atoms with Crippen molar-refractivity contribution in [1.82, 2.24) is 14.9 Å². The SMILES string of the molecule is Cc1cc(=O)n(CCNC(=O)c2ccc([N+](=O)[O-])cc2)cn1. The molecule has 0 saturated heterocycles. The molecule has 0 radical (unpaired) electrons. The van der Waals surface area contributed by atoms with Gasteiger partial charge >= 0.3 is 0 Å². The number of amides is 1. The number of carbonyl (C=O) groups is 1. The van der Waals surface area contributed by atoms with Crippen molar-refractivity contribution >= 4 is 11.6 Å². The molecule has 2 aromatic rings. The summed E-state index contributed by atoms with van der Waals surface area (Å²) >= 11 is 0. The molecule has 1 aromatic heterocycles. The van der Waals surface area contributed by atoms with Gasteiger partial charge in [-0.15, -0.1) is 0 Å². The predicted molar refractivity (Wildman–Crippen MR) is 78.7 cm³/mol. The van der Waals surface area contributed by atoms with Crippen LogP contribution in [0, 0.1) is 17.0 Å². The van der Waals surface area contributed by atoms with E-state index < -0.39 is 4.92 Å². The molecular formula is C14H14N4O4. The number of hydrogen-bond donors (Lipinski definition) is 1. The van der Waals surface area contributed by atoms with Gasteiger partial charge in [-0.3, -0.25) is 24.3 Å². The number of nitrogens with zero attached hydrogens (tertiary/aromatic N) is 3. The molecule has 1 amide bonds. The van der Waals surface area contributed by atoms with Gasteiger partial charge in [-0.1, -0.05) is 0 Å². The molecule has 114 valence electrons. The second-order valence-corrected chi connectivity index (χ2v) is 4.62. The number of hydrogen-bond acceptors (Lipinski definition) is 5. The van der Waals surface area contributed by atoms with Gasteiger partial charge in [0.05, 0.1) is 11.3 Å². The molecule has 1 heterocycles. The van der Waals surface area contributed by atoms with Crippen molar-refractivity contribution in [2.45, 2.75) is 13.5 Å². The van der Waals surface area contributed by atoms with Gasteiger partial charge in [0.1, 0.15) is 0 Å². The largest absolute Gasteiger partial charge is 0.350 e. The first-order valence-electron chi connectivity index (χ1n) is 6.53. The predicted octanol–water partition coefficient (Wildman–Crippen LogP) is 0.890. The first-order chi connectivity index (χ1) is 10.5. The van der Waals surface area contributed by atoms with Crippen molar-refractivity contribution in [3.8, 4) is 0 Å². The second kappa shape index (κ2) is 6.61. The molecule has 8 nitrogen and oxygen atoms in total. The number of carbonyl (C=O) groups excluding carboxylic acids is 1. The maximum absolute atomic E-state index is 11.9. The molecule has 0 aliphatic heterocycles. The number of aryl methyl sites for hydroxylation is 1. The number of nitro groups is 1. The molecule has 1 N–H and O–H groups in total. The fraction of sp³-hybridized carbons (Fsp3) is 0.214. The highest BCUT2D eigenvalue weighted by molar-refractivity contribution is 5.94. The fourth-order valence-corrected chi connectivity index (χ4v) is 1.81. The van der Waals surface area contributed by atoms with Crippen LogP contribution in [0.15, 0.2) is 41.5 Å². The van der Waals surface area contributed by atoms with E-state index in [4.69, 9.17) is 0 Å². The number of benzene rings is 1. The molecule has 0 unspecified atom stereocenters. The third-order valence-corrected chi connectivity index (χ3v) is 2.99. The second-order valence-electron chi connectivity index (χ2n) is 4.62. The van der Waals surface area contributed by atoms with Gasteiger partial charge in [-0.25, -0.2) is 4.98 Å². The summed E-state index contributed by atoms with van der Waals surface area (Å²) in [6, 6.07) is 6.71. The van der Waals surface area contributed by atoms with Crippen molar-refractivity contribution in [2.24, 2.45) is 0 Å². The van der Waals surface area contributed by atoms with Crippen molar-refractivity contribution < 1.29 is 9.72 Å². The van der Waals surface area contributed by atoms with Crippen molar-refractivity contribution in [3.05, 3.63) is 68.4 Å². The minimum Gasteiger partial charge on any atom is -0.350 e. The number of nitrogens with one attached hydrogen (secondary N) is 1. The molecule has 0 saturated carbocycles. The third kappa shape index (κ3) is 3.75. The summed E-state index contributed by atoms with van der Waals surface area (Å²) in [4.78, 5) is 37.5. The third-order valence-electron chi connectivity index (χ3n) is 2.99. The molecule has 0 aliphatic carbocycles. The fourth-order valence-electron chi connectivity index (χ4n) is 1.81. The Kier molecular flexibility index (Phi) is 4.62. The van der Waals surface area contributed by atoms with Crippen LogP contribution in [0.4, 0.5) is 5.69 Å². The lowest BCUT2D eigenvalue weighted by Gasteiger charge is -2.07. The number of nitro benzene ring substituents is 1. The molecular weight excluding hydrogens is 288 g/mol. The molecule has 0 bridgehead atoms.